The first-order valence-corrected chi connectivity index (χ1v) is 6.75. The summed E-state index contributed by atoms with van der Waals surface area (Å²) in [7, 11) is 5.20. The van der Waals surface area contributed by atoms with Crippen molar-refractivity contribution >= 4 is 29.1 Å². The first-order valence-electron chi connectivity index (χ1n) is 6.37. The van der Waals surface area contributed by atoms with Crippen LogP contribution in [0.3, 0.4) is 0 Å². The van der Waals surface area contributed by atoms with E-state index in [9.17, 15) is 9.59 Å². The van der Waals surface area contributed by atoms with E-state index in [1.807, 2.05) is 13.0 Å². The zero-order valence-corrected chi connectivity index (χ0v) is 13.0. The van der Waals surface area contributed by atoms with Crippen molar-refractivity contribution in [3.05, 3.63) is 28.8 Å². The van der Waals surface area contributed by atoms with Crippen molar-refractivity contribution in [3.63, 3.8) is 0 Å². The summed E-state index contributed by atoms with van der Waals surface area (Å²) in [4.78, 5) is 25.8. The molecule has 5 nitrogen and oxygen atoms in total. The second-order valence-corrected chi connectivity index (χ2v) is 5.54. The molecule has 0 aliphatic carbocycles. The van der Waals surface area contributed by atoms with Crippen LogP contribution in [0, 0.1) is 6.92 Å². The van der Waals surface area contributed by atoms with E-state index >= 15 is 0 Å². The Morgan fingerprint density at radius 3 is 2.50 bits per heavy atom. The van der Waals surface area contributed by atoms with Gasteiger partial charge in [-0.15, -0.1) is 0 Å². The monoisotopic (exact) mass is 298 g/mol. The largest absolute Gasteiger partial charge is 0.344 e. The number of amides is 2. The average molecular weight is 299 g/mol. The molecule has 0 fully saturated rings. The van der Waals surface area contributed by atoms with Crippen molar-refractivity contribution in [3.8, 4) is 0 Å². The van der Waals surface area contributed by atoms with E-state index in [0.29, 0.717) is 10.7 Å². The first-order chi connectivity index (χ1) is 9.29. The molecule has 0 aliphatic rings. The normalized spacial score (nSPS) is 11.8. The first kappa shape index (κ1) is 16.5. The van der Waals surface area contributed by atoms with Crippen molar-refractivity contribution in [2.45, 2.75) is 6.92 Å². The Kier molecular flexibility index (Phi) is 5.98. The molecule has 2 amide bonds. The maximum Gasteiger partial charge on any atom is 0.279 e. The lowest BCUT2D eigenvalue weighted by Crippen LogP contribution is -3.11. The molecule has 0 bridgehead atoms. The Bertz CT molecular complexity index is 503. The van der Waals surface area contributed by atoms with Crippen molar-refractivity contribution in [2.24, 2.45) is 0 Å². The quantitative estimate of drug-likeness (QED) is 0.815. The Balaban J connectivity index is 2.53. The minimum absolute atomic E-state index is 0.0105. The van der Waals surface area contributed by atoms with Gasteiger partial charge in [0, 0.05) is 14.1 Å². The molecular formula is C14H21ClN3O2+. The topological polar surface area (TPSA) is 53.9 Å². The van der Waals surface area contributed by atoms with Gasteiger partial charge in [-0.1, -0.05) is 17.7 Å². The maximum atomic E-state index is 11.9. The standard InChI is InChI=1S/C14H20ClN3O2/c1-10-5-6-12(11(15)7-10)16-13(19)8-18(4)9-14(20)17(2)3/h5-7H,8-9H2,1-4H3,(H,16,19)/p+1. The smallest absolute Gasteiger partial charge is 0.279 e. The second-order valence-electron chi connectivity index (χ2n) is 5.13. The summed E-state index contributed by atoms with van der Waals surface area (Å²) in [5.74, 6) is -0.177. The lowest BCUT2D eigenvalue weighted by Gasteiger charge is -2.16. The second kappa shape index (κ2) is 7.26. The number of carbonyl (C=O) groups excluding carboxylic acids is 2. The van der Waals surface area contributed by atoms with Crippen molar-refractivity contribution in [2.75, 3.05) is 39.5 Å². The summed E-state index contributed by atoms with van der Waals surface area (Å²) in [6.45, 7) is 2.42. The molecule has 1 unspecified atom stereocenters. The van der Waals surface area contributed by atoms with Crippen LogP contribution in [0.4, 0.5) is 5.69 Å². The zero-order chi connectivity index (χ0) is 15.3. The lowest BCUT2D eigenvalue weighted by molar-refractivity contribution is -0.862. The summed E-state index contributed by atoms with van der Waals surface area (Å²) in [5.41, 5.74) is 1.63. The van der Waals surface area contributed by atoms with Crippen LogP contribution in [0.25, 0.3) is 0 Å². The van der Waals surface area contributed by atoms with Gasteiger partial charge in [0.05, 0.1) is 17.8 Å². The summed E-state index contributed by atoms with van der Waals surface area (Å²) in [6.07, 6.45) is 0. The third kappa shape index (κ3) is 5.19. The van der Waals surface area contributed by atoms with Gasteiger partial charge in [-0.25, -0.2) is 0 Å². The summed E-state index contributed by atoms with van der Waals surface area (Å²) < 4.78 is 0. The highest BCUT2D eigenvalue weighted by atomic mass is 35.5. The van der Waals surface area contributed by atoms with Crippen LogP contribution < -0.4 is 10.2 Å². The Labute approximate surface area is 124 Å². The van der Waals surface area contributed by atoms with Crippen LogP contribution in [0.1, 0.15) is 5.56 Å². The predicted molar refractivity (Wildman–Crippen MR) is 80.1 cm³/mol. The molecule has 1 aromatic carbocycles. The molecule has 0 aromatic heterocycles. The van der Waals surface area contributed by atoms with Gasteiger partial charge in [0.15, 0.2) is 13.1 Å². The summed E-state index contributed by atoms with van der Waals surface area (Å²) in [5, 5.41) is 3.27. The Morgan fingerprint density at radius 2 is 1.95 bits per heavy atom. The molecule has 1 atom stereocenters. The third-order valence-electron chi connectivity index (χ3n) is 2.81. The fraction of sp³-hybridized carbons (Fsp3) is 0.429. The van der Waals surface area contributed by atoms with Crippen LogP contribution in [0.5, 0.6) is 0 Å². The van der Waals surface area contributed by atoms with E-state index in [1.54, 1.807) is 33.3 Å². The van der Waals surface area contributed by atoms with Crippen LogP contribution in [0.2, 0.25) is 5.02 Å². The highest BCUT2D eigenvalue weighted by Crippen LogP contribution is 2.22. The van der Waals surface area contributed by atoms with Gasteiger partial charge in [-0.2, -0.15) is 0 Å². The molecule has 110 valence electrons. The van der Waals surface area contributed by atoms with Gasteiger partial charge in [0.2, 0.25) is 0 Å². The SMILES string of the molecule is Cc1ccc(NC(=O)C[NH+](C)CC(=O)N(C)C)c(Cl)c1. The van der Waals surface area contributed by atoms with Gasteiger partial charge in [-0.05, 0) is 24.6 Å². The number of likely N-dealkylation sites (N-methyl/N-ethyl adjacent to an activating group) is 2. The van der Waals surface area contributed by atoms with E-state index < -0.39 is 0 Å². The molecule has 0 spiro atoms. The van der Waals surface area contributed by atoms with Gasteiger partial charge in [0.1, 0.15) is 0 Å². The van der Waals surface area contributed by atoms with Gasteiger partial charge >= 0.3 is 0 Å². The molecule has 20 heavy (non-hydrogen) atoms. The van der Waals surface area contributed by atoms with Gasteiger partial charge < -0.3 is 15.1 Å². The molecule has 0 saturated carbocycles. The molecule has 0 saturated heterocycles. The fourth-order valence-corrected chi connectivity index (χ4v) is 1.95. The maximum absolute atomic E-state index is 11.9. The number of benzene rings is 1. The van der Waals surface area contributed by atoms with E-state index in [-0.39, 0.29) is 24.9 Å². The van der Waals surface area contributed by atoms with Crippen molar-refractivity contribution in [1.82, 2.24) is 4.90 Å². The van der Waals surface area contributed by atoms with Gasteiger partial charge in [0.25, 0.3) is 11.8 Å². The molecule has 1 aromatic rings. The van der Waals surface area contributed by atoms with Crippen LogP contribution in [-0.4, -0.2) is 50.9 Å². The van der Waals surface area contributed by atoms with E-state index in [4.69, 9.17) is 11.6 Å². The number of quaternary nitrogens is 1. The van der Waals surface area contributed by atoms with Crippen LogP contribution in [-0.2, 0) is 9.59 Å². The molecule has 0 radical (unpaired) electrons. The summed E-state index contributed by atoms with van der Waals surface area (Å²) in [6, 6.07) is 5.45. The van der Waals surface area contributed by atoms with E-state index in [2.05, 4.69) is 5.32 Å². The number of aryl methyl sites for hydroxylation is 1. The molecule has 0 heterocycles. The minimum atomic E-state index is -0.167. The van der Waals surface area contributed by atoms with Crippen molar-refractivity contribution < 1.29 is 14.5 Å². The third-order valence-corrected chi connectivity index (χ3v) is 3.13. The van der Waals surface area contributed by atoms with Crippen molar-refractivity contribution in [1.29, 1.82) is 0 Å². The molecular weight excluding hydrogens is 278 g/mol. The molecule has 6 heteroatoms. The fourth-order valence-electron chi connectivity index (χ4n) is 1.67. The average Bonchev–Trinajstić information content (AvgIpc) is 2.32. The predicted octanol–water partition coefficient (Wildman–Crippen LogP) is 0.190. The highest BCUT2D eigenvalue weighted by Gasteiger charge is 2.16. The van der Waals surface area contributed by atoms with Crippen LogP contribution >= 0.6 is 11.6 Å². The number of nitrogens with zero attached hydrogens (tertiary/aromatic N) is 1. The number of halogens is 1. The number of hydrogen-bond donors (Lipinski definition) is 2. The molecule has 1 rings (SSSR count). The summed E-state index contributed by atoms with van der Waals surface area (Å²) >= 11 is 6.05. The molecule has 0 aliphatic heterocycles. The number of nitrogens with one attached hydrogen (secondary N) is 2. The number of hydrogen-bond acceptors (Lipinski definition) is 2. The number of anilines is 1. The minimum Gasteiger partial charge on any atom is -0.344 e. The highest BCUT2D eigenvalue weighted by molar-refractivity contribution is 6.33. The zero-order valence-electron chi connectivity index (χ0n) is 12.3. The number of rotatable bonds is 5. The molecule has 2 N–H and O–H groups in total. The lowest BCUT2D eigenvalue weighted by atomic mass is 10.2. The van der Waals surface area contributed by atoms with Gasteiger partial charge in [-0.3, -0.25) is 9.59 Å². The van der Waals surface area contributed by atoms with Crippen LogP contribution in [0.15, 0.2) is 18.2 Å². The number of carbonyl (C=O) groups is 2. The van der Waals surface area contributed by atoms with E-state index in [1.165, 1.54) is 4.90 Å². The Morgan fingerprint density at radius 1 is 1.30 bits per heavy atom. The van der Waals surface area contributed by atoms with E-state index in [0.717, 1.165) is 10.5 Å². The Hall–Kier alpha value is -1.59.